The van der Waals surface area contributed by atoms with Crippen LogP contribution in [0.5, 0.6) is 0 Å². The molecule has 4 rings (SSSR count). The molecule has 0 atom stereocenters. The first kappa shape index (κ1) is 20.2. The summed E-state index contributed by atoms with van der Waals surface area (Å²) >= 11 is 1.40. The minimum atomic E-state index is -0.309. The molecule has 8 heteroatoms. The number of hydrogen-bond acceptors (Lipinski definition) is 5. The summed E-state index contributed by atoms with van der Waals surface area (Å²) in [6, 6.07) is 11.8. The topological polar surface area (TPSA) is 66.4 Å². The van der Waals surface area contributed by atoms with E-state index in [2.05, 4.69) is 9.97 Å². The molecule has 0 unspecified atom stereocenters. The summed E-state index contributed by atoms with van der Waals surface area (Å²) in [5, 5.41) is 2.53. The Balaban J connectivity index is 1.29. The fraction of sp³-hybridized carbons (Fsp3) is 0.273. The van der Waals surface area contributed by atoms with E-state index >= 15 is 0 Å². The van der Waals surface area contributed by atoms with Crippen molar-refractivity contribution < 1.29 is 14.0 Å². The third-order valence-corrected chi connectivity index (χ3v) is 5.94. The van der Waals surface area contributed by atoms with Gasteiger partial charge < -0.3 is 9.80 Å². The van der Waals surface area contributed by atoms with Gasteiger partial charge in [0.2, 0.25) is 11.8 Å². The van der Waals surface area contributed by atoms with Crippen LogP contribution in [0.3, 0.4) is 0 Å². The van der Waals surface area contributed by atoms with E-state index in [4.69, 9.17) is 0 Å². The summed E-state index contributed by atoms with van der Waals surface area (Å²) < 4.78 is 13.4. The van der Waals surface area contributed by atoms with Crippen molar-refractivity contribution in [2.24, 2.45) is 0 Å². The molecule has 0 spiro atoms. The third-order valence-electron chi connectivity index (χ3n) is 5.00. The number of amides is 2. The Morgan fingerprint density at radius 3 is 2.27 bits per heavy atom. The molecule has 1 aliphatic rings. The van der Waals surface area contributed by atoms with Crippen LogP contribution >= 0.6 is 11.3 Å². The Bertz CT molecular complexity index is 1030. The maximum Gasteiger partial charge on any atom is 0.228 e. The van der Waals surface area contributed by atoms with Crippen LogP contribution in [0.2, 0.25) is 0 Å². The van der Waals surface area contributed by atoms with Gasteiger partial charge in [-0.1, -0.05) is 18.2 Å². The molecule has 1 fully saturated rings. The van der Waals surface area contributed by atoms with Gasteiger partial charge in [-0.2, -0.15) is 0 Å². The monoisotopic (exact) mass is 424 g/mol. The van der Waals surface area contributed by atoms with E-state index in [-0.39, 0.29) is 30.5 Å². The predicted molar refractivity (Wildman–Crippen MR) is 112 cm³/mol. The lowest BCUT2D eigenvalue weighted by molar-refractivity contribution is -0.138. The second-order valence-electron chi connectivity index (χ2n) is 7.09. The number of hydrogen-bond donors (Lipinski definition) is 0. The van der Waals surface area contributed by atoms with Crippen molar-refractivity contribution in [1.29, 1.82) is 0 Å². The molecule has 2 aromatic heterocycles. The number of benzene rings is 1. The zero-order chi connectivity index (χ0) is 20.9. The van der Waals surface area contributed by atoms with Gasteiger partial charge in [0.1, 0.15) is 10.8 Å². The van der Waals surface area contributed by atoms with Crippen molar-refractivity contribution in [2.45, 2.75) is 12.8 Å². The van der Waals surface area contributed by atoms with Gasteiger partial charge in [-0.15, -0.1) is 11.3 Å². The molecule has 3 aromatic rings. The number of carbonyl (C=O) groups is 2. The summed E-state index contributed by atoms with van der Waals surface area (Å²) in [6.07, 6.45) is 2.15. The lowest BCUT2D eigenvalue weighted by atomic mass is 10.2. The van der Waals surface area contributed by atoms with Crippen LogP contribution in [-0.2, 0) is 22.4 Å². The summed E-state index contributed by atoms with van der Waals surface area (Å²) in [5.74, 6) is -0.293. The van der Waals surface area contributed by atoms with Gasteiger partial charge in [-0.25, -0.2) is 9.37 Å². The first-order chi connectivity index (χ1) is 14.6. The van der Waals surface area contributed by atoms with E-state index in [9.17, 15) is 14.0 Å². The molecule has 1 saturated heterocycles. The van der Waals surface area contributed by atoms with Gasteiger partial charge >= 0.3 is 0 Å². The van der Waals surface area contributed by atoms with E-state index < -0.39 is 0 Å². The number of thiazole rings is 1. The number of halogens is 1. The molecule has 0 saturated carbocycles. The molecule has 0 bridgehead atoms. The summed E-state index contributed by atoms with van der Waals surface area (Å²) in [4.78, 5) is 37.3. The van der Waals surface area contributed by atoms with Crippen molar-refractivity contribution >= 4 is 23.2 Å². The Hall–Kier alpha value is -3.13. The molecule has 0 radical (unpaired) electrons. The Kier molecular flexibility index (Phi) is 6.13. The lowest BCUT2D eigenvalue weighted by Gasteiger charge is -2.34. The molecule has 6 nitrogen and oxygen atoms in total. The third kappa shape index (κ3) is 4.88. The molecular weight excluding hydrogens is 403 g/mol. The maximum absolute atomic E-state index is 13.4. The smallest absolute Gasteiger partial charge is 0.228 e. The number of piperazine rings is 1. The maximum atomic E-state index is 13.4. The van der Waals surface area contributed by atoms with Gasteiger partial charge in [0.25, 0.3) is 0 Å². The van der Waals surface area contributed by atoms with Crippen LogP contribution in [0.25, 0.3) is 10.6 Å². The highest BCUT2D eigenvalue weighted by Gasteiger charge is 2.24. The fourth-order valence-electron chi connectivity index (χ4n) is 3.38. The van der Waals surface area contributed by atoms with Crippen molar-refractivity contribution in [1.82, 2.24) is 19.8 Å². The van der Waals surface area contributed by atoms with Crippen molar-refractivity contribution in [3.63, 3.8) is 0 Å². The molecule has 1 aliphatic heterocycles. The number of pyridine rings is 1. The normalized spacial score (nSPS) is 14.0. The zero-order valence-electron chi connectivity index (χ0n) is 16.3. The largest absolute Gasteiger partial charge is 0.339 e. The standard InChI is InChI=1S/C22H21FN4O2S/c23-17-5-3-4-16(12-17)22-25-19(15-30-22)14-21(29)27-10-8-26(9-11-27)20(28)13-18-6-1-2-7-24-18/h1-7,12,15H,8-11,13-14H2. The highest BCUT2D eigenvalue weighted by molar-refractivity contribution is 7.13. The number of aromatic nitrogens is 2. The average Bonchev–Trinajstić information content (AvgIpc) is 3.23. The van der Waals surface area contributed by atoms with Gasteiger partial charge in [0, 0.05) is 49.0 Å². The Morgan fingerprint density at radius 2 is 1.63 bits per heavy atom. The molecule has 0 aliphatic carbocycles. The van der Waals surface area contributed by atoms with E-state index in [0.717, 1.165) is 5.69 Å². The average molecular weight is 425 g/mol. The number of nitrogens with zero attached hydrogens (tertiary/aromatic N) is 4. The van der Waals surface area contributed by atoms with Gasteiger partial charge in [-0.3, -0.25) is 14.6 Å². The highest BCUT2D eigenvalue weighted by atomic mass is 32.1. The van der Waals surface area contributed by atoms with Gasteiger partial charge in [0.15, 0.2) is 0 Å². The molecule has 154 valence electrons. The highest BCUT2D eigenvalue weighted by Crippen LogP contribution is 2.24. The van der Waals surface area contributed by atoms with Crippen LogP contribution in [0.4, 0.5) is 4.39 Å². The second kappa shape index (κ2) is 9.13. The van der Waals surface area contributed by atoms with E-state index in [1.54, 1.807) is 28.1 Å². The lowest BCUT2D eigenvalue weighted by Crippen LogP contribution is -2.51. The molecular formula is C22H21FN4O2S. The predicted octanol–water partition coefficient (Wildman–Crippen LogP) is 2.80. The van der Waals surface area contributed by atoms with Crippen LogP contribution in [0.1, 0.15) is 11.4 Å². The summed E-state index contributed by atoms with van der Waals surface area (Å²) in [7, 11) is 0. The van der Waals surface area contributed by atoms with Crippen LogP contribution in [0.15, 0.2) is 54.0 Å². The van der Waals surface area contributed by atoms with Gasteiger partial charge in [0.05, 0.1) is 18.5 Å². The SMILES string of the molecule is O=C(Cc1ccccn1)N1CCN(C(=O)Cc2csc(-c3cccc(F)c3)n2)CC1. The van der Waals surface area contributed by atoms with E-state index in [1.807, 2.05) is 23.6 Å². The van der Waals surface area contributed by atoms with Crippen LogP contribution in [0, 0.1) is 5.82 Å². The zero-order valence-corrected chi connectivity index (χ0v) is 17.1. The molecule has 0 N–H and O–H groups in total. The van der Waals surface area contributed by atoms with Gasteiger partial charge in [-0.05, 0) is 24.3 Å². The molecule has 2 amide bonds. The molecule has 3 heterocycles. The van der Waals surface area contributed by atoms with E-state index in [0.29, 0.717) is 42.4 Å². The molecule has 30 heavy (non-hydrogen) atoms. The minimum absolute atomic E-state index is 0.0112. The Labute approximate surface area is 178 Å². The second-order valence-corrected chi connectivity index (χ2v) is 7.95. The van der Waals surface area contributed by atoms with E-state index in [1.165, 1.54) is 23.5 Å². The first-order valence-electron chi connectivity index (χ1n) is 9.74. The number of carbonyl (C=O) groups excluding carboxylic acids is 2. The van der Waals surface area contributed by atoms with Crippen molar-refractivity contribution in [2.75, 3.05) is 26.2 Å². The summed E-state index contributed by atoms with van der Waals surface area (Å²) in [6.45, 7) is 2.05. The molecule has 1 aromatic carbocycles. The van der Waals surface area contributed by atoms with Crippen molar-refractivity contribution in [3.05, 3.63) is 71.2 Å². The van der Waals surface area contributed by atoms with Crippen LogP contribution in [-0.4, -0.2) is 57.8 Å². The quantitative estimate of drug-likeness (QED) is 0.632. The first-order valence-corrected chi connectivity index (χ1v) is 10.6. The minimum Gasteiger partial charge on any atom is -0.339 e. The fourth-order valence-corrected chi connectivity index (χ4v) is 4.20. The van der Waals surface area contributed by atoms with Crippen LogP contribution < -0.4 is 0 Å². The number of rotatable bonds is 5. The Morgan fingerprint density at radius 1 is 0.933 bits per heavy atom. The summed E-state index contributed by atoms with van der Waals surface area (Å²) in [5.41, 5.74) is 2.13. The van der Waals surface area contributed by atoms with Crippen molar-refractivity contribution in [3.8, 4) is 10.6 Å².